The summed E-state index contributed by atoms with van der Waals surface area (Å²) in [5.41, 5.74) is 0.657. The van der Waals surface area contributed by atoms with Crippen LogP contribution in [-0.4, -0.2) is 49.5 Å². The molecule has 1 fully saturated rings. The van der Waals surface area contributed by atoms with Crippen LogP contribution in [0.5, 0.6) is 0 Å². The monoisotopic (exact) mass is 516 g/mol. The minimum atomic E-state index is -4.80. The van der Waals surface area contributed by atoms with Gasteiger partial charge in [-0.2, -0.15) is 13.2 Å². The molecule has 0 radical (unpaired) electrons. The fourth-order valence-corrected chi connectivity index (χ4v) is 3.39. The third-order valence-corrected chi connectivity index (χ3v) is 5.12. The summed E-state index contributed by atoms with van der Waals surface area (Å²) in [5.74, 6) is -0.827. The number of morpholine rings is 1. The van der Waals surface area contributed by atoms with Crippen molar-refractivity contribution in [3.8, 4) is 0 Å². The highest BCUT2D eigenvalue weighted by molar-refractivity contribution is 6.31. The van der Waals surface area contributed by atoms with Crippen LogP contribution in [0.15, 0.2) is 42.5 Å². The molecule has 1 amide bonds. The number of alkyl halides is 3. The number of amides is 1. The average molecular weight is 518 g/mol. The van der Waals surface area contributed by atoms with Gasteiger partial charge in [-0.25, -0.2) is 9.18 Å². The number of carbonyl (C=O) groups is 1. The Morgan fingerprint density at radius 1 is 1.25 bits per heavy atom. The van der Waals surface area contributed by atoms with E-state index in [1.165, 1.54) is 11.0 Å². The normalized spacial score (nSPS) is 17.9. The second-order valence-electron chi connectivity index (χ2n) is 6.86. The molecule has 2 aromatic rings. The molecule has 12 heteroatoms. The van der Waals surface area contributed by atoms with E-state index in [1.807, 2.05) is 0 Å². The first-order valence-corrected chi connectivity index (χ1v) is 9.96. The zero-order valence-corrected chi connectivity index (χ0v) is 18.7. The van der Waals surface area contributed by atoms with E-state index < -0.39 is 36.8 Å². The van der Waals surface area contributed by atoms with E-state index in [2.05, 4.69) is 10.1 Å². The highest BCUT2D eigenvalue weighted by Gasteiger charge is 2.44. The third-order valence-electron chi connectivity index (χ3n) is 4.58. The van der Waals surface area contributed by atoms with Crippen LogP contribution in [-0.2, 0) is 9.47 Å². The highest BCUT2D eigenvalue weighted by Crippen LogP contribution is 2.28. The molecule has 2 aromatic carbocycles. The van der Waals surface area contributed by atoms with Crippen molar-refractivity contribution >= 4 is 47.4 Å². The smallest absolute Gasteiger partial charge is 0.426 e. The van der Waals surface area contributed by atoms with E-state index in [0.29, 0.717) is 5.02 Å². The molecule has 1 N–H and O–H groups in total. The number of rotatable bonds is 5. The summed E-state index contributed by atoms with van der Waals surface area (Å²) < 4.78 is 64.2. The summed E-state index contributed by atoms with van der Waals surface area (Å²) in [6.07, 6.45) is -9.01. The molecule has 2 atom stereocenters. The Morgan fingerprint density at radius 2 is 2.00 bits per heavy atom. The van der Waals surface area contributed by atoms with Crippen molar-refractivity contribution in [3.63, 3.8) is 0 Å². The van der Waals surface area contributed by atoms with Crippen molar-refractivity contribution in [2.24, 2.45) is 0 Å². The first-order valence-electron chi connectivity index (χ1n) is 9.20. The second-order valence-corrected chi connectivity index (χ2v) is 7.71. The molecule has 0 aliphatic carbocycles. The van der Waals surface area contributed by atoms with Gasteiger partial charge in [-0.05, 0) is 35.9 Å². The van der Waals surface area contributed by atoms with Gasteiger partial charge >= 0.3 is 12.3 Å². The Morgan fingerprint density at radius 3 is 2.66 bits per heavy atom. The topological polar surface area (TPSA) is 50.8 Å². The van der Waals surface area contributed by atoms with Gasteiger partial charge < -0.3 is 9.47 Å². The molecule has 1 heterocycles. The molecule has 0 aromatic heterocycles. The number of nitrogens with zero attached hydrogens (tertiary/aromatic N) is 1. The van der Waals surface area contributed by atoms with Crippen LogP contribution in [0, 0.1) is 5.82 Å². The molecule has 1 saturated heterocycles. The van der Waals surface area contributed by atoms with Crippen LogP contribution in [0.1, 0.15) is 11.7 Å². The summed E-state index contributed by atoms with van der Waals surface area (Å²) in [7, 11) is 0. The van der Waals surface area contributed by atoms with Crippen molar-refractivity contribution in [2.45, 2.75) is 18.4 Å². The lowest BCUT2D eigenvalue weighted by molar-refractivity contribution is -0.209. The number of benzene rings is 2. The summed E-state index contributed by atoms with van der Waals surface area (Å²) in [6, 6.07) is 10.2. The van der Waals surface area contributed by atoms with Gasteiger partial charge in [-0.1, -0.05) is 35.3 Å². The summed E-state index contributed by atoms with van der Waals surface area (Å²) >= 11 is 11.5. The maximum Gasteiger partial charge on any atom is 0.426 e. The van der Waals surface area contributed by atoms with E-state index in [9.17, 15) is 22.4 Å². The lowest BCUT2D eigenvalue weighted by Gasteiger charge is -2.35. The van der Waals surface area contributed by atoms with Crippen molar-refractivity contribution in [1.29, 1.82) is 0 Å². The van der Waals surface area contributed by atoms with Crippen LogP contribution < -0.4 is 5.32 Å². The highest BCUT2D eigenvalue weighted by atomic mass is 35.5. The zero-order chi connectivity index (χ0) is 22.6. The van der Waals surface area contributed by atoms with Crippen molar-refractivity contribution in [1.82, 2.24) is 4.90 Å². The minimum absolute atomic E-state index is 0. The predicted octanol–water partition coefficient (Wildman–Crippen LogP) is 6.11. The number of carbonyl (C=O) groups excluding carboxylic acids is 1. The number of hydrogen-bond acceptors (Lipinski definition) is 4. The van der Waals surface area contributed by atoms with Gasteiger partial charge in [-0.15, -0.1) is 12.4 Å². The molecule has 176 valence electrons. The largest absolute Gasteiger partial charge is 0.435 e. The lowest BCUT2D eigenvalue weighted by Crippen LogP contribution is -2.48. The lowest BCUT2D eigenvalue weighted by atomic mass is 10.1. The van der Waals surface area contributed by atoms with E-state index in [-0.39, 0.29) is 42.8 Å². The molecule has 0 unspecified atom stereocenters. The first kappa shape index (κ1) is 26.5. The summed E-state index contributed by atoms with van der Waals surface area (Å²) in [6.45, 7) is 0.0294. The van der Waals surface area contributed by atoms with Crippen LogP contribution >= 0.6 is 35.6 Å². The Bertz CT molecular complexity index is 933. The molecular formula is C20H19Cl3F4N2O3. The summed E-state index contributed by atoms with van der Waals surface area (Å²) in [5, 5.41) is 2.38. The van der Waals surface area contributed by atoms with Gasteiger partial charge in [-0.3, -0.25) is 10.2 Å². The van der Waals surface area contributed by atoms with Crippen molar-refractivity contribution < 1.29 is 31.8 Å². The van der Waals surface area contributed by atoms with Gasteiger partial charge in [0.05, 0.1) is 17.7 Å². The molecule has 32 heavy (non-hydrogen) atoms. The van der Waals surface area contributed by atoms with Gasteiger partial charge in [0.25, 0.3) is 0 Å². The van der Waals surface area contributed by atoms with Crippen LogP contribution in [0.2, 0.25) is 10.0 Å². The number of halogens is 7. The number of ether oxygens (including phenoxy) is 2. The van der Waals surface area contributed by atoms with Crippen LogP contribution in [0.25, 0.3) is 0 Å². The minimum Gasteiger partial charge on any atom is -0.435 e. The fraction of sp³-hybridized carbons (Fsp3) is 0.350. The van der Waals surface area contributed by atoms with Gasteiger partial charge in [0.1, 0.15) is 5.82 Å². The Balaban J connectivity index is 0.00000363. The molecular weight excluding hydrogens is 499 g/mol. The average Bonchev–Trinajstić information content (AvgIpc) is 2.70. The molecule has 1 aliphatic rings. The molecule has 0 saturated carbocycles. The fourth-order valence-electron chi connectivity index (χ4n) is 3.07. The molecule has 0 spiro atoms. The van der Waals surface area contributed by atoms with Gasteiger partial charge in [0.15, 0.2) is 0 Å². The molecule has 5 nitrogen and oxygen atoms in total. The van der Waals surface area contributed by atoms with Gasteiger partial charge in [0, 0.05) is 30.3 Å². The molecule has 0 bridgehead atoms. The maximum absolute atomic E-state index is 13.5. The summed E-state index contributed by atoms with van der Waals surface area (Å²) in [4.78, 5) is 13.5. The van der Waals surface area contributed by atoms with Gasteiger partial charge in [0.2, 0.25) is 6.10 Å². The van der Waals surface area contributed by atoms with E-state index in [0.717, 1.165) is 17.7 Å². The number of anilines is 1. The molecule has 3 rings (SSSR count). The number of hydrogen-bond donors (Lipinski definition) is 1. The van der Waals surface area contributed by atoms with E-state index in [1.54, 1.807) is 24.3 Å². The standard InChI is InChI=1S/C20H18Cl2F4N2O3.ClH/c21-13-3-1-2-12(8-13)17-10-28(6-7-30-17)11-18(20(24,25)26)31-19(29)27-14-4-5-15(22)16(23)9-14;/h1-5,8-9,17-18H,6-7,10-11H2,(H,27,29);1H/t17-,18+;/m1./s1. The Kier molecular flexibility index (Phi) is 9.41. The van der Waals surface area contributed by atoms with E-state index >= 15 is 0 Å². The second kappa shape index (κ2) is 11.4. The van der Waals surface area contributed by atoms with E-state index in [4.69, 9.17) is 27.9 Å². The maximum atomic E-state index is 13.5. The molecule has 1 aliphatic heterocycles. The number of nitrogens with one attached hydrogen (secondary N) is 1. The van der Waals surface area contributed by atoms with Crippen LogP contribution in [0.3, 0.4) is 0 Å². The first-order chi connectivity index (χ1) is 14.6. The van der Waals surface area contributed by atoms with Crippen LogP contribution in [0.4, 0.5) is 28.0 Å². The Hall–Kier alpha value is -1.78. The third kappa shape index (κ3) is 7.38. The Labute approximate surface area is 198 Å². The zero-order valence-electron chi connectivity index (χ0n) is 16.4. The quantitative estimate of drug-likeness (QED) is 0.487. The predicted molar refractivity (Wildman–Crippen MR) is 115 cm³/mol. The van der Waals surface area contributed by atoms with Crippen molar-refractivity contribution in [3.05, 3.63) is 63.9 Å². The van der Waals surface area contributed by atoms with Crippen molar-refractivity contribution in [2.75, 3.05) is 31.6 Å². The SMILES string of the molecule is Cl.O=C(Nc1ccc(Cl)c(F)c1)O[C@@H](CN1CCO[C@@H](c2cccc(Cl)c2)C1)C(F)(F)F.